The maximum atomic E-state index is 13.6. The van der Waals surface area contributed by atoms with E-state index in [1.54, 1.807) is 80.2 Å². The van der Waals surface area contributed by atoms with Gasteiger partial charge >= 0.3 is 30.7 Å². The molecule has 0 saturated carbocycles. The number of anilines is 2. The number of carbonyl (C=O) groups excluding carboxylic acids is 4. The number of hydrogen-bond acceptors (Lipinski definition) is 16. The van der Waals surface area contributed by atoms with Crippen molar-refractivity contribution in [3.63, 3.8) is 0 Å². The number of amides is 1. The van der Waals surface area contributed by atoms with Crippen molar-refractivity contribution in [2.75, 3.05) is 76.1 Å². The quantitative estimate of drug-likeness (QED) is 0.0110. The molecule has 6 aromatic rings. The number of rotatable bonds is 29. The molecule has 0 aliphatic rings. The second-order valence-electron chi connectivity index (χ2n) is 22.8. The Hall–Kier alpha value is -4.04. The summed E-state index contributed by atoms with van der Waals surface area (Å²) in [7, 11) is -15.7. The van der Waals surface area contributed by atoms with E-state index in [9.17, 15) is 57.0 Å². The number of hydrogen-bond donors (Lipinski definition) is 6. The van der Waals surface area contributed by atoms with Crippen molar-refractivity contribution in [3.05, 3.63) is 142 Å². The Morgan fingerprint density at radius 2 is 1.04 bits per heavy atom. The Labute approximate surface area is 580 Å². The monoisotopic (exact) mass is 1500 g/mol. The zero-order valence-corrected chi connectivity index (χ0v) is 62.3. The summed E-state index contributed by atoms with van der Waals surface area (Å²) in [5, 5.41) is 12.7. The second-order valence-corrected chi connectivity index (χ2v) is 37.5. The number of fused-ring (bicyclic) bond motifs is 2. The maximum absolute atomic E-state index is 13.6. The molecule has 2 atom stereocenters. The number of ether oxygens (including phenoxy) is 2. The van der Waals surface area contributed by atoms with Crippen LogP contribution in [0.4, 0.5) is 21.0 Å². The molecule has 2 heterocycles. The number of benzene rings is 4. The molecule has 31 heteroatoms. The highest BCUT2D eigenvalue weighted by atomic mass is 35.6. The summed E-state index contributed by atoms with van der Waals surface area (Å²) < 4.78 is 55.1. The predicted octanol–water partition coefficient (Wildman–Crippen LogP) is 16.6. The van der Waals surface area contributed by atoms with Crippen molar-refractivity contribution in [3.8, 4) is 0 Å². The van der Waals surface area contributed by atoms with E-state index in [0.29, 0.717) is 39.8 Å². The topological polar surface area (TPSA) is 304 Å². The van der Waals surface area contributed by atoms with Crippen molar-refractivity contribution in [1.29, 1.82) is 0 Å². The molecule has 4 aromatic carbocycles. The molecule has 6 rings (SSSR count). The van der Waals surface area contributed by atoms with E-state index in [-0.39, 0.29) is 37.0 Å². The Bertz CT molecular complexity index is 3580. The first-order valence-corrected chi connectivity index (χ1v) is 41.0. The van der Waals surface area contributed by atoms with E-state index in [4.69, 9.17) is 67.8 Å². The van der Waals surface area contributed by atoms with E-state index >= 15 is 0 Å². The summed E-state index contributed by atoms with van der Waals surface area (Å²) in [6.45, 7) is 25.2. The normalized spacial score (nSPS) is 12.7. The summed E-state index contributed by atoms with van der Waals surface area (Å²) in [6.07, 6.45) is 5.81. The SMILES string of the molecule is CCN(CC)CCCC(C)N(C(=O)OCc1ccc(C(=O)CC(P(=O)(O)O)P(=O)(O)O)cc1)c1ccnc2cc(Cl)ccc12.CCN(CC)CCCC(C)Nc1ccnc2cc(Cl)ccc12.CP(C)(=O)C(CC(=O)c1ccc(CO)cc1)P(C)(C)=O.O=C(Cl)OC(Cl)(Cl)Cl. The lowest BCUT2D eigenvalue weighted by Crippen LogP contribution is -2.40. The first-order valence-electron chi connectivity index (χ1n) is 30.0. The van der Waals surface area contributed by atoms with Gasteiger partial charge in [-0.15, -0.1) is 0 Å². The van der Waals surface area contributed by atoms with Gasteiger partial charge in [-0.3, -0.25) is 33.6 Å². The molecule has 6 N–H and O–H groups in total. The number of nitrogens with zero attached hydrogens (tertiary/aromatic N) is 5. The van der Waals surface area contributed by atoms with Gasteiger partial charge in [0.15, 0.2) is 17.0 Å². The number of ketones is 2. The third kappa shape index (κ3) is 29.6. The number of aliphatic hydroxyl groups excluding tert-OH is 1. The number of alkyl halides is 3. The highest BCUT2D eigenvalue weighted by molar-refractivity contribution is 7.80. The van der Waals surface area contributed by atoms with Crippen molar-refractivity contribution < 1.29 is 71.6 Å². The van der Waals surface area contributed by atoms with Crippen LogP contribution < -0.4 is 10.2 Å². The molecule has 0 saturated heterocycles. The summed E-state index contributed by atoms with van der Waals surface area (Å²) in [4.78, 5) is 101. The Morgan fingerprint density at radius 1 is 0.606 bits per heavy atom. The van der Waals surface area contributed by atoms with E-state index in [1.807, 2.05) is 43.5 Å². The van der Waals surface area contributed by atoms with Gasteiger partial charge in [0.2, 0.25) is 0 Å². The van der Waals surface area contributed by atoms with Gasteiger partial charge in [0.25, 0.3) is 0 Å². The van der Waals surface area contributed by atoms with Crippen molar-refractivity contribution in [2.24, 2.45) is 0 Å². The molecule has 0 spiro atoms. The molecular formula is C63H86Cl6N6O15P4. The molecule has 0 bridgehead atoms. The number of Topliss-reactive ketones (excluding diaryl/α,β-unsaturated/α-hetero) is 2. The van der Waals surface area contributed by atoms with Crippen molar-refractivity contribution in [1.82, 2.24) is 19.8 Å². The van der Waals surface area contributed by atoms with Crippen LogP contribution in [0.1, 0.15) is 112 Å². The number of pyridine rings is 2. The van der Waals surface area contributed by atoms with Crippen molar-refractivity contribution >= 4 is 155 Å². The van der Waals surface area contributed by atoms with Gasteiger partial charge in [-0.05, 0) is 200 Å². The van der Waals surface area contributed by atoms with Crippen LogP contribution in [0.2, 0.25) is 10.0 Å². The van der Waals surface area contributed by atoms with E-state index in [1.165, 1.54) is 37.2 Å². The van der Waals surface area contributed by atoms with E-state index in [0.717, 1.165) is 78.1 Å². The second kappa shape index (κ2) is 39.5. The minimum atomic E-state index is -5.24. The summed E-state index contributed by atoms with van der Waals surface area (Å²) in [6, 6.07) is 27.4. The average molecular weight is 1500 g/mol. The van der Waals surface area contributed by atoms with Gasteiger partial charge in [-0.2, -0.15) is 0 Å². The summed E-state index contributed by atoms with van der Waals surface area (Å²) >= 11 is 31.7. The van der Waals surface area contributed by atoms with Crippen LogP contribution in [0, 0.1) is 0 Å². The molecule has 0 aliphatic carbocycles. The summed E-state index contributed by atoms with van der Waals surface area (Å²) in [5.41, 5.74) is 3.92. The van der Waals surface area contributed by atoms with Gasteiger partial charge in [0.05, 0.1) is 43.0 Å². The lowest BCUT2D eigenvalue weighted by molar-refractivity contribution is 0.0975. The molecule has 0 fully saturated rings. The number of nitrogens with one attached hydrogen (secondary N) is 1. The molecule has 0 radical (unpaired) electrons. The van der Waals surface area contributed by atoms with Crippen LogP contribution in [-0.4, -0.2) is 160 Å². The number of halogens is 6. The Morgan fingerprint density at radius 3 is 1.47 bits per heavy atom. The van der Waals surface area contributed by atoms with Crippen LogP contribution in [0.3, 0.4) is 0 Å². The minimum absolute atomic E-state index is 0.00246. The standard InChI is InChI=1S/C29H38ClN3O9P2.C18H26ClN3.C14H22O4P2.C2Cl4O2/c1-4-32(5-2)16-6-7-20(3)33(26-14-15-31-25-17-23(30)12-13-24(25)26)29(35)42-19-21-8-10-22(11-9-21)27(34)18-28(43(36,37)38)44(39,40)41;1-4-22(5-2)12-6-7-14(3)21-17-10-11-20-18-13-15(19)8-9-16(17)18;1-19(2,17)14(20(3,4)18)9-13(16)12-7-5-11(10-15)6-8-12;3-1(7)8-2(4,5)6/h8-15,17,20,28H,4-7,16,18-19H2,1-3H3,(H2,36,37,38)(H2,39,40,41);8-11,13-14H,4-7,12H2,1-3H3,(H,20,21);5-8,14-15H,9-10H2,1-4H3;. The Kier molecular flexibility index (Phi) is 35.4. The maximum Gasteiger partial charge on any atom is 0.414 e. The Balaban J connectivity index is 0.000000382. The molecule has 2 unspecified atom stereocenters. The largest absolute Gasteiger partial charge is 0.444 e. The first kappa shape index (κ1) is 84.2. The third-order valence-corrected chi connectivity index (χ3v) is 26.0. The number of aliphatic hydroxyl groups is 1. The number of carbonyl (C=O) groups is 4. The smallest absolute Gasteiger partial charge is 0.414 e. The fourth-order valence-electron chi connectivity index (χ4n) is 9.86. The number of aromatic nitrogens is 2. The van der Waals surface area contributed by atoms with Crippen LogP contribution in [-0.2, 0) is 40.9 Å². The zero-order chi connectivity index (χ0) is 70.9. The van der Waals surface area contributed by atoms with Gasteiger partial charge < -0.3 is 58.4 Å². The fraction of sp³-hybridized carbons (Fsp3) is 0.460. The van der Waals surface area contributed by atoms with Crippen LogP contribution in [0.5, 0.6) is 0 Å². The minimum Gasteiger partial charge on any atom is -0.444 e. The lowest BCUT2D eigenvalue weighted by atomic mass is 10.1. The summed E-state index contributed by atoms with van der Waals surface area (Å²) in [5.74, 6) is -1.01. The molecule has 1 amide bonds. The lowest BCUT2D eigenvalue weighted by Gasteiger charge is -2.30. The molecule has 21 nitrogen and oxygen atoms in total. The predicted molar refractivity (Wildman–Crippen MR) is 383 cm³/mol. The van der Waals surface area contributed by atoms with Crippen LogP contribution >= 0.6 is 99.1 Å². The highest BCUT2D eigenvalue weighted by Gasteiger charge is 2.45. The average Bonchev–Trinajstić information content (AvgIpc) is 0.812. The highest BCUT2D eigenvalue weighted by Crippen LogP contribution is 2.63. The van der Waals surface area contributed by atoms with Gasteiger partial charge in [0, 0.05) is 86.6 Å². The molecule has 520 valence electrons. The van der Waals surface area contributed by atoms with E-state index < -0.39 is 68.0 Å². The molecule has 2 aromatic heterocycles. The zero-order valence-electron chi connectivity index (χ0n) is 54.2. The van der Waals surface area contributed by atoms with Crippen molar-refractivity contribution in [2.45, 2.75) is 120 Å². The van der Waals surface area contributed by atoms with Gasteiger partial charge in [-0.25, -0.2) is 9.59 Å². The van der Waals surface area contributed by atoms with Gasteiger partial charge in [-0.1, -0.05) is 99.4 Å². The molecular weight excluding hydrogens is 1420 g/mol. The fourth-order valence-corrected chi connectivity index (χ4v) is 19.6. The van der Waals surface area contributed by atoms with Crippen LogP contribution in [0.25, 0.3) is 21.8 Å². The van der Waals surface area contributed by atoms with Crippen LogP contribution in [0.15, 0.2) is 109 Å². The third-order valence-electron chi connectivity index (χ3n) is 14.9. The molecule has 0 aliphatic heterocycles. The molecule has 94 heavy (non-hydrogen) atoms. The van der Waals surface area contributed by atoms with E-state index in [2.05, 4.69) is 76.0 Å². The van der Waals surface area contributed by atoms with Gasteiger partial charge in [0.1, 0.15) is 6.61 Å². The first-order chi connectivity index (χ1) is 43.8.